The van der Waals surface area contributed by atoms with Crippen LogP contribution < -0.4 is 4.72 Å². The molecule has 2 N–H and O–H groups in total. The van der Waals surface area contributed by atoms with Crippen LogP contribution in [0, 0.1) is 0 Å². The lowest BCUT2D eigenvalue weighted by atomic mass is 10.3. The van der Waals surface area contributed by atoms with E-state index < -0.39 is 16.0 Å². The monoisotopic (exact) mass is 298 g/mol. The van der Waals surface area contributed by atoms with Crippen LogP contribution in [0.2, 0.25) is 0 Å². The number of carboxylic acid groups (broad SMARTS) is 1. The first-order valence-electron chi connectivity index (χ1n) is 6.95. The molecule has 1 aromatic heterocycles. The molecule has 0 spiro atoms. The molecule has 3 rings (SSSR count). The molecule has 0 bridgehead atoms. The largest absolute Gasteiger partial charge is 0.477 e. The van der Waals surface area contributed by atoms with Crippen LogP contribution in [0.1, 0.15) is 55.1 Å². The third kappa shape index (κ3) is 2.60. The van der Waals surface area contributed by atoms with E-state index in [1.807, 2.05) is 0 Å². The predicted octanol–water partition coefficient (Wildman–Crippen LogP) is 1.74. The molecular weight excluding hydrogens is 280 g/mol. The Hall–Kier alpha value is -1.34. The maximum Gasteiger partial charge on any atom is 0.352 e. The number of hydrogen-bond donors (Lipinski definition) is 2. The average Bonchev–Trinajstić information content (AvgIpc) is 2.90. The summed E-state index contributed by atoms with van der Waals surface area (Å²) < 4.78 is 28.9. The van der Waals surface area contributed by atoms with E-state index in [9.17, 15) is 13.2 Å². The van der Waals surface area contributed by atoms with Gasteiger partial charge in [-0.15, -0.1) is 0 Å². The summed E-state index contributed by atoms with van der Waals surface area (Å²) in [5.74, 6) is -1.08. The highest BCUT2D eigenvalue weighted by Gasteiger charge is 2.31. The molecule has 7 heteroatoms. The van der Waals surface area contributed by atoms with Crippen molar-refractivity contribution in [2.24, 2.45) is 0 Å². The van der Waals surface area contributed by atoms with Gasteiger partial charge in [-0.25, -0.2) is 17.9 Å². The van der Waals surface area contributed by atoms with E-state index in [1.165, 1.54) is 12.3 Å². The Morgan fingerprint density at radius 3 is 2.45 bits per heavy atom. The first-order valence-corrected chi connectivity index (χ1v) is 8.43. The second-order valence-electron chi connectivity index (χ2n) is 5.61. The topological polar surface area (TPSA) is 88.4 Å². The molecule has 110 valence electrons. The number of sulfonamides is 1. The Morgan fingerprint density at radius 1 is 1.25 bits per heavy atom. The van der Waals surface area contributed by atoms with E-state index in [0.717, 1.165) is 38.5 Å². The van der Waals surface area contributed by atoms with Gasteiger partial charge in [-0.1, -0.05) is 12.8 Å². The van der Waals surface area contributed by atoms with Crippen LogP contribution in [0.15, 0.2) is 17.2 Å². The lowest BCUT2D eigenvalue weighted by Gasteiger charge is -2.11. The zero-order valence-corrected chi connectivity index (χ0v) is 11.9. The molecule has 2 saturated carbocycles. The van der Waals surface area contributed by atoms with E-state index in [4.69, 9.17) is 5.11 Å². The zero-order valence-electron chi connectivity index (χ0n) is 11.1. The van der Waals surface area contributed by atoms with Gasteiger partial charge in [-0.3, -0.25) is 0 Å². The van der Waals surface area contributed by atoms with Crippen molar-refractivity contribution in [1.29, 1.82) is 0 Å². The SMILES string of the molecule is O=C(O)c1cc(S(=O)(=O)NC2CCCC2)cn1C1CC1. The number of nitrogens with zero attached hydrogens (tertiary/aromatic N) is 1. The van der Waals surface area contributed by atoms with Gasteiger partial charge >= 0.3 is 5.97 Å². The van der Waals surface area contributed by atoms with Crippen molar-refractivity contribution in [2.75, 3.05) is 0 Å². The Balaban J connectivity index is 1.88. The number of hydrogen-bond acceptors (Lipinski definition) is 3. The zero-order chi connectivity index (χ0) is 14.3. The molecule has 0 saturated heterocycles. The first-order chi connectivity index (χ1) is 9.47. The Kier molecular flexibility index (Phi) is 3.33. The molecule has 0 aromatic carbocycles. The summed E-state index contributed by atoms with van der Waals surface area (Å²) in [4.78, 5) is 11.3. The smallest absolute Gasteiger partial charge is 0.352 e. The summed E-state index contributed by atoms with van der Waals surface area (Å²) in [6, 6.07) is 1.38. The molecular formula is C13H18N2O4S. The lowest BCUT2D eigenvalue weighted by molar-refractivity contribution is 0.0685. The fourth-order valence-electron chi connectivity index (χ4n) is 2.76. The fourth-order valence-corrected chi connectivity index (χ4v) is 4.09. The maximum atomic E-state index is 12.3. The van der Waals surface area contributed by atoms with Crippen LogP contribution in [-0.2, 0) is 10.0 Å². The molecule has 0 unspecified atom stereocenters. The fraction of sp³-hybridized carbons (Fsp3) is 0.615. The molecule has 20 heavy (non-hydrogen) atoms. The predicted molar refractivity (Wildman–Crippen MR) is 72.2 cm³/mol. The van der Waals surface area contributed by atoms with E-state index in [-0.39, 0.29) is 22.7 Å². The summed E-state index contributed by atoms with van der Waals surface area (Å²) in [7, 11) is -3.62. The van der Waals surface area contributed by atoms with Crippen molar-refractivity contribution in [2.45, 2.75) is 55.5 Å². The van der Waals surface area contributed by atoms with Gasteiger partial charge < -0.3 is 9.67 Å². The summed E-state index contributed by atoms with van der Waals surface area (Å²) in [6.07, 6.45) is 7.06. The van der Waals surface area contributed by atoms with E-state index in [2.05, 4.69) is 4.72 Å². The quantitative estimate of drug-likeness (QED) is 0.866. The molecule has 2 fully saturated rings. The highest BCUT2D eigenvalue weighted by molar-refractivity contribution is 7.89. The van der Waals surface area contributed by atoms with Gasteiger partial charge in [-0.05, 0) is 31.7 Å². The van der Waals surface area contributed by atoms with Crippen LogP contribution >= 0.6 is 0 Å². The minimum Gasteiger partial charge on any atom is -0.477 e. The summed E-state index contributed by atoms with van der Waals surface area (Å²) in [5.41, 5.74) is 0.0549. The van der Waals surface area contributed by atoms with Crippen LogP contribution in [0.3, 0.4) is 0 Å². The van der Waals surface area contributed by atoms with Crippen molar-refractivity contribution < 1.29 is 18.3 Å². The second kappa shape index (κ2) is 4.89. The lowest BCUT2D eigenvalue weighted by Crippen LogP contribution is -2.32. The molecule has 0 radical (unpaired) electrons. The van der Waals surface area contributed by atoms with Gasteiger partial charge in [0.2, 0.25) is 10.0 Å². The molecule has 0 aliphatic heterocycles. The van der Waals surface area contributed by atoms with Crippen LogP contribution in [-0.4, -0.2) is 30.1 Å². The maximum absolute atomic E-state index is 12.3. The molecule has 2 aliphatic rings. The highest BCUT2D eigenvalue weighted by atomic mass is 32.2. The van der Waals surface area contributed by atoms with Crippen molar-refractivity contribution in [1.82, 2.24) is 9.29 Å². The van der Waals surface area contributed by atoms with E-state index in [0.29, 0.717) is 0 Å². The van der Waals surface area contributed by atoms with Gasteiger partial charge in [0.25, 0.3) is 0 Å². The van der Waals surface area contributed by atoms with Crippen molar-refractivity contribution in [3.05, 3.63) is 18.0 Å². The minimum atomic E-state index is -3.62. The van der Waals surface area contributed by atoms with Gasteiger partial charge in [0, 0.05) is 18.3 Å². The van der Waals surface area contributed by atoms with Gasteiger partial charge in [0.15, 0.2) is 0 Å². The number of aromatic nitrogens is 1. The van der Waals surface area contributed by atoms with Gasteiger partial charge in [0.05, 0.1) is 0 Å². The molecule has 2 aliphatic carbocycles. The van der Waals surface area contributed by atoms with Gasteiger partial charge in [0.1, 0.15) is 10.6 Å². The number of carbonyl (C=O) groups is 1. The van der Waals surface area contributed by atoms with Crippen LogP contribution in [0.5, 0.6) is 0 Å². The number of aromatic carboxylic acids is 1. The molecule has 0 amide bonds. The summed E-state index contributed by atoms with van der Waals surface area (Å²) in [5, 5.41) is 9.17. The minimum absolute atomic E-state index is 0.0162. The summed E-state index contributed by atoms with van der Waals surface area (Å²) in [6.45, 7) is 0. The third-order valence-corrected chi connectivity index (χ3v) is 5.46. The molecule has 6 nitrogen and oxygen atoms in total. The van der Waals surface area contributed by atoms with Crippen LogP contribution in [0.25, 0.3) is 0 Å². The number of rotatable bonds is 5. The summed E-state index contributed by atoms with van der Waals surface area (Å²) >= 11 is 0. The average molecular weight is 298 g/mol. The standard InChI is InChI=1S/C13H18N2O4S/c16-13(17)12-7-11(8-15(12)10-5-6-10)20(18,19)14-9-3-1-2-4-9/h7-10,14H,1-6H2,(H,16,17). The van der Waals surface area contributed by atoms with Crippen LogP contribution in [0.4, 0.5) is 0 Å². The molecule has 1 heterocycles. The number of carboxylic acids is 1. The Morgan fingerprint density at radius 2 is 1.90 bits per heavy atom. The number of nitrogens with one attached hydrogen (secondary N) is 1. The highest BCUT2D eigenvalue weighted by Crippen LogP contribution is 2.37. The molecule has 0 atom stereocenters. The van der Waals surface area contributed by atoms with Gasteiger partial charge in [-0.2, -0.15) is 0 Å². The molecule has 1 aromatic rings. The van der Waals surface area contributed by atoms with Crippen molar-refractivity contribution in [3.63, 3.8) is 0 Å². The van der Waals surface area contributed by atoms with E-state index >= 15 is 0 Å². The second-order valence-corrected chi connectivity index (χ2v) is 7.32. The van der Waals surface area contributed by atoms with E-state index in [1.54, 1.807) is 4.57 Å². The Bertz CT molecular complexity index is 625. The van der Waals surface area contributed by atoms with Crippen molar-refractivity contribution >= 4 is 16.0 Å². The normalized spacial score (nSPS) is 20.4. The Labute approximate surface area is 117 Å². The first kappa shape index (κ1) is 13.6. The third-order valence-electron chi connectivity index (χ3n) is 3.97. The van der Waals surface area contributed by atoms with Crippen molar-refractivity contribution in [3.8, 4) is 0 Å².